The average molecular weight is 210 g/mol. The van der Waals surface area contributed by atoms with Crippen LogP contribution in [0.2, 0.25) is 0 Å². The van der Waals surface area contributed by atoms with Gasteiger partial charge >= 0.3 is 6.18 Å². The van der Waals surface area contributed by atoms with Gasteiger partial charge in [0.25, 0.3) is 0 Å². The van der Waals surface area contributed by atoms with Gasteiger partial charge in [0.15, 0.2) is 0 Å². The van der Waals surface area contributed by atoms with Crippen LogP contribution in [0.1, 0.15) is 20.3 Å². The molecule has 0 aliphatic rings. The molecule has 0 N–H and O–H groups in total. The van der Waals surface area contributed by atoms with Gasteiger partial charge in [0, 0.05) is 6.42 Å². The van der Waals surface area contributed by atoms with E-state index in [9.17, 15) is 26.3 Å². The van der Waals surface area contributed by atoms with Gasteiger partial charge in [-0.15, -0.1) is 0 Å². The van der Waals surface area contributed by atoms with E-state index in [2.05, 4.69) is 0 Å². The lowest BCUT2D eigenvalue weighted by atomic mass is 10.0. The molecule has 0 spiro atoms. The van der Waals surface area contributed by atoms with Crippen molar-refractivity contribution in [2.75, 3.05) is 7.18 Å². The number of rotatable bonds is 2. The zero-order valence-electron chi connectivity index (χ0n) is 7.55. The number of alkyl halides is 6. The van der Waals surface area contributed by atoms with E-state index in [1.165, 1.54) is 0 Å². The number of hydrogen-bond acceptors (Lipinski definition) is 0. The summed E-state index contributed by atoms with van der Waals surface area (Å²) in [6, 6.07) is 0. The highest BCUT2D eigenvalue weighted by Gasteiger charge is 2.40. The first-order chi connectivity index (χ1) is 5.63. The summed E-state index contributed by atoms with van der Waals surface area (Å²) in [7, 11) is 0.500. The smallest absolute Gasteiger partial charge is 0.255 e. The van der Waals surface area contributed by atoms with Crippen LogP contribution in [0.3, 0.4) is 0 Å². The Labute approximate surface area is 72.9 Å². The van der Waals surface area contributed by atoms with Crippen molar-refractivity contribution in [2.24, 2.45) is 5.92 Å². The zero-order valence-corrected chi connectivity index (χ0v) is 7.55. The molecular formula is C7H12F6. The molecule has 0 aromatic rings. The predicted molar refractivity (Wildman–Crippen MR) is 37.5 cm³/mol. The normalized spacial score (nSPS) is 14.5. The second-order valence-electron chi connectivity index (χ2n) is 2.72. The van der Waals surface area contributed by atoms with Crippen molar-refractivity contribution in [2.45, 2.75) is 32.4 Å². The molecule has 0 heterocycles. The molecule has 0 aromatic heterocycles. The van der Waals surface area contributed by atoms with E-state index >= 15 is 0 Å². The summed E-state index contributed by atoms with van der Waals surface area (Å²) in [5, 5.41) is 0. The number of halogens is 6. The Balaban J connectivity index is 0. The van der Waals surface area contributed by atoms with Gasteiger partial charge in [-0.05, 0) is 6.92 Å². The first kappa shape index (κ1) is 15.1. The first-order valence-electron chi connectivity index (χ1n) is 3.45. The Morgan fingerprint density at radius 2 is 1.31 bits per heavy atom. The average Bonchev–Trinajstić information content (AvgIpc) is 1.86. The molecule has 1 atom stereocenters. The maximum Gasteiger partial charge on any atom is 0.391 e. The fraction of sp³-hybridized carbons (Fsp3) is 1.00. The van der Waals surface area contributed by atoms with Gasteiger partial charge in [0.1, 0.15) is 0 Å². The molecule has 0 aromatic carbocycles. The van der Waals surface area contributed by atoms with Crippen LogP contribution in [0.15, 0.2) is 0 Å². The number of hydrogen-bond donors (Lipinski definition) is 0. The van der Waals surface area contributed by atoms with Gasteiger partial charge in [0.2, 0.25) is 5.92 Å². The Morgan fingerprint density at radius 1 is 1.00 bits per heavy atom. The van der Waals surface area contributed by atoms with E-state index in [1.54, 1.807) is 0 Å². The van der Waals surface area contributed by atoms with E-state index in [1.807, 2.05) is 0 Å². The minimum Gasteiger partial charge on any atom is -0.255 e. The van der Waals surface area contributed by atoms with Crippen LogP contribution in [0.25, 0.3) is 0 Å². The summed E-state index contributed by atoms with van der Waals surface area (Å²) in [5.41, 5.74) is 0. The second-order valence-corrected chi connectivity index (χ2v) is 2.72. The summed E-state index contributed by atoms with van der Waals surface area (Å²) in [5.74, 6) is -5.18. The van der Waals surface area contributed by atoms with Crippen LogP contribution in [-0.4, -0.2) is 19.3 Å². The summed E-state index contributed by atoms with van der Waals surface area (Å²) in [6.45, 7) is 1.23. The highest BCUT2D eigenvalue weighted by Crippen LogP contribution is 2.33. The van der Waals surface area contributed by atoms with Crippen molar-refractivity contribution < 1.29 is 26.3 Å². The lowest BCUT2D eigenvalue weighted by molar-refractivity contribution is -0.186. The quantitative estimate of drug-likeness (QED) is 0.608. The fourth-order valence-electron chi connectivity index (χ4n) is 0.653. The van der Waals surface area contributed by atoms with Gasteiger partial charge in [-0.3, -0.25) is 4.39 Å². The van der Waals surface area contributed by atoms with Crippen LogP contribution in [-0.2, 0) is 0 Å². The van der Waals surface area contributed by atoms with E-state index < -0.39 is 24.4 Å². The third-order valence-electron chi connectivity index (χ3n) is 1.22. The first-order valence-corrected chi connectivity index (χ1v) is 3.45. The lowest BCUT2D eigenvalue weighted by Gasteiger charge is -2.18. The van der Waals surface area contributed by atoms with Crippen molar-refractivity contribution in [3.63, 3.8) is 0 Å². The third kappa shape index (κ3) is 9.49. The maximum absolute atomic E-state index is 12.0. The van der Waals surface area contributed by atoms with Crippen molar-refractivity contribution in [3.8, 4) is 0 Å². The molecular weight excluding hydrogens is 198 g/mol. The van der Waals surface area contributed by atoms with Crippen molar-refractivity contribution in [3.05, 3.63) is 0 Å². The lowest BCUT2D eigenvalue weighted by Crippen LogP contribution is -2.26. The minimum absolute atomic E-state index is 0.481. The monoisotopic (exact) mass is 210 g/mol. The Kier molecular flexibility index (Phi) is 6.19. The molecule has 0 radical (unpaired) electrons. The molecule has 0 saturated heterocycles. The van der Waals surface area contributed by atoms with Gasteiger partial charge in [-0.1, -0.05) is 6.92 Å². The molecule has 6 heteroatoms. The SMILES string of the molecule is CC(CC(C)(F)F)C(F)(F)F.CF. The summed E-state index contributed by atoms with van der Waals surface area (Å²) in [4.78, 5) is 0. The molecule has 0 amide bonds. The Hall–Kier alpha value is -0.420. The summed E-state index contributed by atoms with van der Waals surface area (Å²) >= 11 is 0. The van der Waals surface area contributed by atoms with Crippen LogP contribution in [0.5, 0.6) is 0 Å². The maximum atomic E-state index is 12.0. The Bertz CT molecular complexity index is 122. The molecule has 0 aliphatic heterocycles. The van der Waals surface area contributed by atoms with Crippen LogP contribution in [0, 0.1) is 5.92 Å². The molecule has 82 valence electrons. The van der Waals surface area contributed by atoms with Crippen molar-refractivity contribution >= 4 is 0 Å². The predicted octanol–water partition coefficient (Wildman–Crippen LogP) is 3.82. The highest BCUT2D eigenvalue weighted by molar-refractivity contribution is 4.69. The molecule has 0 rings (SSSR count). The largest absolute Gasteiger partial charge is 0.391 e. The Morgan fingerprint density at radius 3 is 1.38 bits per heavy atom. The molecule has 0 saturated carbocycles. The third-order valence-corrected chi connectivity index (χ3v) is 1.22. The van der Waals surface area contributed by atoms with Crippen LogP contribution < -0.4 is 0 Å². The molecule has 1 unspecified atom stereocenters. The molecule has 0 bridgehead atoms. The summed E-state index contributed by atoms with van der Waals surface area (Å²) in [6.07, 6.45) is -5.66. The van der Waals surface area contributed by atoms with Gasteiger partial charge < -0.3 is 0 Å². The standard InChI is InChI=1S/C6H9F5.CH3F/c1-4(6(9,10)11)3-5(2,7)8;1-2/h4H,3H2,1-2H3;1H3. The van der Waals surface area contributed by atoms with E-state index in [0.717, 1.165) is 6.92 Å². The van der Waals surface area contributed by atoms with Crippen molar-refractivity contribution in [1.29, 1.82) is 0 Å². The molecule has 0 aliphatic carbocycles. The highest BCUT2D eigenvalue weighted by atomic mass is 19.4. The van der Waals surface area contributed by atoms with Gasteiger partial charge in [-0.25, -0.2) is 8.78 Å². The minimum atomic E-state index is -4.51. The molecule has 0 fully saturated rings. The zero-order chi connectivity index (χ0) is 11.3. The van der Waals surface area contributed by atoms with E-state index in [4.69, 9.17) is 0 Å². The van der Waals surface area contributed by atoms with Crippen molar-refractivity contribution in [1.82, 2.24) is 0 Å². The van der Waals surface area contributed by atoms with Gasteiger partial charge in [-0.2, -0.15) is 13.2 Å². The summed E-state index contributed by atoms with van der Waals surface area (Å²) < 4.78 is 68.4. The molecule has 0 nitrogen and oxygen atoms in total. The van der Waals surface area contributed by atoms with Crippen LogP contribution in [0.4, 0.5) is 26.3 Å². The van der Waals surface area contributed by atoms with Gasteiger partial charge in [0.05, 0.1) is 13.1 Å². The molecule has 13 heavy (non-hydrogen) atoms. The topological polar surface area (TPSA) is 0 Å². The second kappa shape index (κ2) is 5.34. The van der Waals surface area contributed by atoms with Crippen LogP contribution >= 0.6 is 0 Å². The fourth-order valence-corrected chi connectivity index (χ4v) is 0.653. The van der Waals surface area contributed by atoms with E-state index in [0.29, 0.717) is 14.1 Å². The van der Waals surface area contributed by atoms with E-state index in [-0.39, 0.29) is 0 Å².